The zero-order valence-corrected chi connectivity index (χ0v) is 19.2. The predicted molar refractivity (Wildman–Crippen MR) is 127 cm³/mol. The fourth-order valence-corrected chi connectivity index (χ4v) is 4.28. The van der Waals surface area contributed by atoms with Gasteiger partial charge in [0.05, 0.1) is 11.4 Å². The first-order valence-corrected chi connectivity index (χ1v) is 10.9. The van der Waals surface area contributed by atoms with E-state index in [1.54, 1.807) is 53.4 Å². The molecule has 0 atom stereocenters. The number of pyridine rings is 1. The van der Waals surface area contributed by atoms with Crippen molar-refractivity contribution in [2.24, 2.45) is 7.05 Å². The van der Waals surface area contributed by atoms with Gasteiger partial charge < -0.3 is 5.11 Å². The van der Waals surface area contributed by atoms with Gasteiger partial charge in [-0.1, -0.05) is 48.0 Å². The van der Waals surface area contributed by atoms with Crippen molar-refractivity contribution in [3.05, 3.63) is 95.3 Å². The molecular weight excluding hydrogens is 452 g/mol. The molecule has 0 saturated heterocycles. The van der Waals surface area contributed by atoms with Crippen LogP contribution in [0.3, 0.4) is 0 Å². The SMILES string of the molecule is Cc1ccc[n+](C2=C(c3c(-c4ccccc4)nn(C)c3[O-])C(=O)N(c3cccc(Cl)c3)C2=O)c1. The molecule has 8 heteroatoms. The normalized spacial score (nSPS) is 13.8. The highest BCUT2D eigenvalue weighted by Gasteiger charge is 2.47. The fourth-order valence-electron chi connectivity index (χ4n) is 4.10. The summed E-state index contributed by atoms with van der Waals surface area (Å²) in [5.74, 6) is -1.63. The third-order valence-electron chi connectivity index (χ3n) is 5.62. The Balaban J connectivity index is 1.81. The van der Waals surface area contributed by atoms with Crippen LogP contribution in [-0.2, 0) is 16.6 Å². The molecule has 1 aliphatic heterocycles. The summed E-state index contributed by atoms with van der Waals surface area (Å²) in [6.07, 6.45) is 3.42. The number of aromatic nitrogens is 3. The number of halogens is 1. The van der Waals surface area contributed by atoms with Gasteiger partial charge >= 0.3 is 5.91 Å². The van der Waals surface area contributed by atoms with Crippen LogP contribution in [0.15, 0.2) is 79.1 Å². The molecule has 0 bridgehead atoms. The number of hydrogen-bond donors (Lipinski definition) is 0. The number of hydrogen-bond acceptors (Lipinski definition) is 4. The fraction of sp³-hybridized carbons (Fsp3) is 0.0769. The van der Waals surface area contributed by atoms with Crippen molar-refractivity contribution in [3.63, 3.8) is 0 Å². The lowest BCUT2D eigenvalue weighted by Gasteiger charge is -2.15. The van der Waals surface area contributed by atoms with Crippen molar-refractivity contribution in [1.29, 1.82) is 0 Å². The Hall–Kier alpha value is -4.23. The third kappa shape index (κ3) is 3.47. The molecule has 1 aliphatic rings. The predicted octanol–water partition coefficient (Wildman–Crippen LogP) is 3.35. The number of carbonyl (C=O) groups is 2. The van der Waals surface area contributed by atoms with Crippen LogP contribution in [0.1, 0.15) is 11.1 Å². The zero-order valence-electron chi connectivity index (χ0n) is 18.4. The monoisotopic (exact) mass is 470 g/mol. The highest BCUT2D eigenvalue weighted by atomic mass is 35.5. The smallest absolute Gasteiger partial charge is 0.331 e. The van der Waals surface area contributed by atoms with E-state index in [0.29, 0.717) is 22.0 Å². The first-order chi connectivity index (χ1) is 16.4. The van der Waals surface area contributed by atoms with Crippen LogP contribution in [0.5, 0.6) is 5.88 Å². The quantitative estimate of drug-likeness (QED) is 0.338. The van der Waals surface area contributed by atoms with Gasteiger partial charge in [0.25, 0.3) is 11.6 Å². The summed E-state index contributed by atoms with van der Waals surface area (Å²) in [6, 6.07) is 19.3. The van der Waals surface area contributed by atoms with E-state index < -0.39 is 17.7 Å². The van der Waals surface area contributed by atoms with Gasteiger partial charge in [0.2, 0.25) is 0 Å². The van der Waals surface area contributed by atoms with Crippen LogP contribution in [0.4, 0.5) is 5.69 Å². The topological polar surface area (TPSA) is 82.1 Å². The van der Waals surface area contributed by atoms with Gasteiger partial charge in [-0.05, 0) is 37.1 Å². The van der Waals surface area contributed by atoms with E-state index >= 15 is 0 Å². The van der Waals surface area contributed by atoms with Crippen LogP contribution >= 0.6 is 11.6 Å². The van der Waals surface area contributed by atoms with Crippen molar-refractivity contribution in [2.75, 3.05) is 4.90 Å². The molecule has 0 unspecified atom stereocenters. The molecule has 168 valence electrons. The largest absolute Gasteiger partial charge is 0.858 e. The highest BCUT2D eigenvalue weighted by Crippen LogP contribution is 2.41. The molecule has 0 aliphatic carbocycles. The standard InChI is InChI=1S/C26H19ClN4O3/c1-16-8-7-13-30(15-16)23-21(25(33)31(26(23)34)19-12-6-11-18(27)14-19)20-22(28-29(2)24(20)32)17-9-4-3-5-10-17/h3-15H,1-2H3. The summed E-state index contributed by atoms with van der Waals surface area (Å²) in [6.45, 7) is 1.88. The zero-order chi connectivity index (χ0) is 24.0. The van der Waals surface area contributed by atoms with Crippen LogP contribution in [-0.4, -0.2) is 21.6 Å². The first kappa shape index (κ1) is 21.6. The summed E-state index contributed by atoms with van der Waals surface area (Å²) in [5.41, 5.74) is 2.36. The van der Waals surface area contributed by atoms with Gasteiger partial charge in [0, 0.05) is 34.8 Å². The van der Waals surface area contributed by atoms with E-state index in [9.17, 15) is 14.7 Å². The van der Waals surface area contributed by atoms with Crippen molar-refractivity contribution < 1.29 is 19.3 Å². The second kappa shape index (κ2) is 8.28. The number of imide groups is 1. The van der Waals surface area contributed by atoms with E-state index in [0.717, 1.165) is 10.5 Å². The third-order valence-corrected chi connectivity index (χ3v) is 5.86. The lowest BCUT2D eigenvalue weighted by atomic mass is 10.00. The molecule has 3 heterocycles. The van der Waals surface area contributed by atoms with Crippen LogP contribution in [0.2, 0.25) is 5.02 Å². The van der Waals surface area contributed by atoms with Crippen molar-refractivity contribution in [3.8, 4) is 17.1 Å². The molecule has 2 amide bonds. The molecule has 0 N–H and O–H groups in total. The van der Waals surface area contributed by atoms with E-state index in [4.69, 9.17) is 11.6 Å². The summed E-state index contributed by atoms with van der Waals surface area (Å²) in [4.78, 5) is 28.6. The summed E-state index contributed by atoms with van der Waals surface area (Å²) >= 11 is 6.15. The van der Waals surface area contributed by atoms with Gasteiger partial charge in [-0.15, -0.1) is 0 Å². The van der Waals surface area contributed by atoms with E-state index in [1.807, 2.05) is 31.2 Å². The summed E-state index contributed by atoms with van der Waals surface area (Å²) in [5, 5.41) is 18.1. The molecule has 4 aromatic rings. The Kier molecular flexibility index (Phi) is 5.26. The Labute approximate surface area is 200 Å². The van der Waals surface area contributed by atoms with Crippen molar-refractivity contribution in [2.45, 2.75) is 6.92 Å². The van der Waals surface area contributed by atoms with Gasteiger partial charge in [-0.2, -0.15) is 9.67 Å². The van der Waals surface area contributed by atoms with E-state index in [1.165, 1.54) is 17.8 Å². The Morgan fingerprint density at radius 2 is 1.74 bits per heavy atom. The molecule has 0 radical (unpaired) electrons. The van der Waals surface area contributed by atoms with Gasteiger partial charge in [0.15, 0.2) is 12.4 Å². The number of amides is 2. The maximum absolute atomic E-state index is 13.9. The number of carbonyl (C=O) groups excluding carboxylic acids is 2. The molecule has 34 heavy (non-hydrogen) atoms. The van der Waals surface area contributed by atoms with Gasteiger partial charge in [0.1, 0.15) is 5.57 Å². The first-order valence-electron chi connectivity index (χ1n) is 10.5. The molecule has 0 saturated carbocycles. The molecule has 0 fully saturated rings. The minimum Gasteiger partial charge on any atom is -0.858 e. The van der Waals surface area contributed by atoms with Crippen molar-refractivity contribution in [1.82, 2.24) is 9.78 Å². The lowest BCUT2D eigenvalue weighted by molar-refractivity contribution is -0.577. The minimum absolute atomic E-state index is 0.00229. The molecule has 2 aromatic heterocycles. The van der Waals surface area contributed by atoms with Crippen LogP contribution in [0.25, 0.3) is 22.5 Å². The molecule has 2 aromatic carbocycles. The van der Waals surface area contributed by atoms with Crippen molar-refractivity contribution >= 4 is 40.4 Å². The lowest BCUT2D eigenvalue weighted by Crippen LogP contribution is -2.39. The van der Waals surface area contributed by atoms with Crippen LogP contribution in [0, 0.1) is 6.92 Å². The second-order valence-corrected chi connectivity index (χ2v) is 8.39. The highest BCUT2D eigenvalue weighted by molar-refractivity contribution is 6.54. The van der Waals surface area contributed by atoms with Crippen LogP contribution < -0.4 is 14.6 Å². The summed E-state index contributed by atoms with van der Waals surface area (Å²) < 4.78 is 2.76. The average molecular weight is 471 g/mol. The van der Waals surface area contributed by atoms with Gasteiger partial charge in [-0.3, -0.25) is 14.3 Å². The Morgan fingerprint density at radius 1 is 0.971 bits per heavy atom. The summed E-state index contributed by atoms with van der Waals surface area (Å²) in [7, 11) is 1.52. The molecule has 7 nitrogen and oxygen atoms in total. The van der Waals surface area contributed by atoms with Gasteiger partial charge in [-0.25, -0.2) is 4.90 Å². The maximum Gasteiger partial charge on any atom is 0.331 e. The minimum atomic E-state index is -0.612. The number of benzene rings is 2. The Morgan fingerprint density at radius 3 is 2.44 bits per heavy atom. The average Bonchev–Trinajstić information content (AvgIpc) is 3.26. The number of anilines is 1. The Bertz CT molecular complexity index is 1490. The number of rotatable bonds is 4. The van der Waals surface area contributed by atoms with E-state index in [2.05, 4.69) is 5.10 Å². The number of aryl methyl sites for hydroxylation is 2. The number of nitrogens with zero attached hydrogens (tertiary/aromatic N) is 4. The maximum atomic E-state index is 13.9. The molecule has 5 rings (SSSR count). The van der Waals surface area contributed by atoms with E-state index in [-0.39, 0.29) is 16.8 Å². The second-order valence-electron chi connectivity index (χ2n) is 7.96. The molecule has 0 spiro atoms. The molecular formula is C26H19ClN4O3.